The molecule has 0 radical (unpaired) electrons. The van der Waals surface area contributed by atoms with Crippen molar-refractivity contribution in [2.45, 2.75) is 38.1 Å². The van der Waals surface area contributed by atoms with Crippen LogP contribution in [0.4, 0.5) is 5.82 Å². The molecule has 4 heterocycles. The molecule has 2 saturated heterocycles. The minimum atomic E-state index is 0.715. The molecule has 0 saturated carbocycles. The molecule has 3 aliphatic rings. The zero-order valence-corrected chi connectivity index (χ0v) is 23.6. The van der Waals surface area contributed by atoms with Gasteiger partial charge >= 0.3 is 0 Å². The SMILES string of the molecule is CCCN1C[C@H](CSC)C[C@@H]2c3cccc4[nH]cc(c34)C[C@H]21.c1ccc2nc(N3CCNCC3)ccc2c1. The fourth-order valence-electron chi connectivity index (χ4n) is 6.93. The van der Waals surface area contributed by atoms with Gasteiger partial charge in [0.1, 0.15) is 5.82 Å². The van der Waals surface area contributed by atoms with Crippen LogP contribution in [0.2, 0.25) is 0 Å². The Hall–Kier alpha value is -2.54. The van der Waals surface area contributed by atoms with Crippen molar-refractivity contribution < 1.29 is 0 Å². The first-order valence-corrected chi connectivity index (χ1v) is 15.8. The number of pyridine rings is 1. The van der Waals surface area contributed by atoms with Crippen LogP contribution in [-0.2, 0) is 6.42 Å². The highest BCUT2D eigenvalue weighted by atomic mass is 32.2. The summed E-state index contributed by atoms with van der Waals surface area (Å²) in [5, 5.41) is 6.09. The molecule has 4 aromatic rings. The minimum absolute atomic E-state index is 0.715. The Kier molecular flexibility index (Phi) is 7.91. The number of likely N-dealkylation sites (tertiary alicyclic amines) is 1. The zero-order valence-electron chi connectivity index (χ0n) is 22.8. The maximum atomic E-state index is 4.70. The Morgan fingerprint density at radius 2 is 1.89 bits per heavy atom. The van der Waals surface area contributed by atoms with E-state index in [-0.39, 0.29) is 0 Å². The summed E-state index contributed by atoms with van der Waals surface area (Å²) < 4.78 is 0. The van der Waals surface area contributed by atoms with E-state index in [1.165, 1.54) is 60.0 Å². The number of fused-ring (bicyclic) bond motifs is 3. The van der Waals surface area contributed by atoms with E-state index < -0.39 is 0 Å². The Morgan fingerprint density at radius 3 is 2.74 bits per heavy atom. The molecule has 2 N–H and O–H groups in total. The average Bonchev–Trinajstić information content (AvgIpc) is 3.39. The highest BCUT2D eigenvalue weighted by molar-refractivity contribution is 7.98. The van der Waals surface area contributed by atoms with Crippen molar-refractivity contribution in [1.29, 1.82) is 0 Å². The van der Waals surface area contributed by atoms with Crippen LogP contribution in [0.5, 0.6) is 0 Å². The number of benzene rings is 2. The topological polar surface area (TPSA) is 47.2 Å². The molecule has 1 aliphatic carbocycles. The molecule has 0 amide bonds. The van der Waals surface area contributed by atoms with E-state index in [1.54, 1.807) is 5.56 Å². The molecular formula is C32H41N5S. The molecule has 5 nitrogen and oxygen atoms in total. The average molecular weight is 528 g/mol. The van der Waals surface area contributed by atoms with Gasteiger partial charge in [-0.25, -0.2) is 4.98 Å². The van der Waals surface area contributed by atoms with Crippen molar-refractivity contribution in [3.63, 3.8) is 0 Å². The van der Waals surface area contributed by atoms with Crippen molar-refractivity contribution in [3.8, 4) is 0 Å². The minimum Gasteiger partial charge on any atom is -0.361 e. The maximum absolute atomic E-state index is 4.70. The summed E-state index contributed by atoms with van der Waals surface area (Å²) >= 11 is 2.01. The molecule has 0 spiro atoms. The number of para-hydroxylation sites is 1. The second-order valence-electron chi connectivity index (χ2n) is 11.1. The molecule has 7 rings (SSSR count). The van der Waals surface area contributed by atoms with Crippen LogP contribution in [0, 0.1) is 5.92 Å². The third-order valence-corrected chi connectivity index (χ3v) is 9.40. The van der Waals surface area contributed by atoms with Crippen LogP contribution >= 0.6 is 11.8 Å². The number of piperidine rings is 1. The van der Waals surface area contributed by atoms with E-state index in [2.05, 4.69) is 88.0 Å². The highest BCUT2D eigenvalue weighted by Gasteiger charge is 2.40. The van der Waals surface area contributed by atoms with Gasteiger partial charge in [0.05, 0.1) is 5.52 Å². The van der Waals surface area contributed by atoms with Crippen LogP contribution in [0.3, 0.4) is 0 Å². The Bertz CT molecular complexity index is 1360. The summed E-state index contributed by atoms with van der Waals surface area (Å²) in [5.41, 5.74) is 5.56. The van der Waals surface area contributed by atoms with Gasteiger partial charge in [-0.2, -0.15) is 11.8 Å². The van der Waals surface area contributed by atoms with Gasteiger partial charge in [0.25, 0.3) is 0 Å². The summed E-state index contributed by atoms with van der Waals surface area (Å²) in [6.07, 6.45) is 8.37. The normalized spacial score (nSPS) is 23.2. The van der Waals surface area contributed by atoms with Crippen LogP contribution in [-0.4, -0.2) is 72.2 Å². The molecule has 38 heavy (non-hydrogen) atoms. The van der Waals surface area contributed by atoms with E-state index >= 15 is 0 Å². The number of H-pyrrole nitrogens is 1. The Labute approximate surface area is 231 Å². The van der Waals surface area contributed by atoms with Gasteiger partial charge in [0.2, 0.25) is 0 Å². The zero-order chi connectivity index (χ0) is 25.9. The van der Waals surface area contributed by atoms with Gasteiger partial charge in [0.15, 0.2) is 0 Å². The Morgan fingerprint density at radius 1 is 1.03 bits per heavy atom. The van der Waals surface area contributed by atoms with Gasteiger partial charge in [-0.3, -0.25) is 4.90 Å². The monoisotopic (exact) mass is 527 g/mol. The summed E-state index contributed by atoms with van der Waals surface area (Å²) in [7, 11) is 0. The van der Waals surface area contributed by atoms with E-state index in [1.807, 2.05) is 17.8 Å². The number of rotatable bonds is 5. The van der Waals surface area contributed by atoms with E-state index in [4.69, 9.17) is 4.98 Å². The van der Waals surface area contributed by atoms with Crippen molar-refractivity contribution >= 4 is 39.4 Å². The van der Waals surface area contributed by atoms with Gasteiger partial charge < -0.3 is 15.2 Å². The number of aromatic nitrogens is 2. The predicted molar refractivity (Wildman–Crippen MR) is 164 cm³/mol. The number of nitrogens with zero attached hydrogens (tertiary/aromatic N) is 3. The highest BCUT2D eigenvalue weighted by Crippen LogP contribution is 2.45. The summed E-state index contributed by atoms with van der Waals surface area (Å²) in [5.74, 6) is 3.97. The van der Waals surface area contributed by atoms with Crippen LogP contribution in [0.1, 0.15) is 36.8 Å². The number of thioether (sulfide) groups is 1. The van der Waals surface area contributed by atoms with Crippen molar-refractivity contribution in [2.24, 2.45) is 5.92 Å². The van der Waals surface area contributed by atoms with Crippen molar-refractivity contribution in [2.75, 3.05) is 56.2 Å². The van der Waals surface area contributed by atoms with Gasteiger partial charge in [-0.15, -0.1) is 0 Å². The molecule has 2 aromatic heterocycles. The third-order valence-electron chi connectivity index (χ3n) is 8.60. The lowest BCUT2D eigenvalue weighted by Crippen LogP contribution is -2.50. The van der Waals surface area contributed by atoms with Crippen LogP contribution < -0.4 is 10.2 Å². The first-order valence-electron chi connectivity index (χ1n) is 14.4. The standard InChI is InChI=1S/C19H26N2S.C13H15N3/c1-3-7-21-11-13(12-22-2)8-16-15-5-4-6-17-19(15)14(10-20-17)9-18(16)21;1-2-4-12-11(3-1)5-6-13(15-12)16-9-7-14-8-10-16/h4-6,10,13,16,18,20H,3,7-9,11-12H2,1-2H3;1-6,14H,7-10H2/t13-,16-,18-;/m1./s1. The molecule has 3 atom stereocenters. The molecule has 2 fully saturated rings. The first-order chi connectivity index (χ1) is 18.7. The van der Waals surface area contributed by atoms with Crippen LogP contribution in [0.15, 0.2) is 60.8 Å². The number of anilines is 1. The molecule has 200 valence electrons. The molecule has 0 bridgehead atoms. The predicted octanol–water partition coefficient (Wildman–Crippen LogP) is 5.92. The van der Waals surface area contributed by atoms with E-state index in [0.717, 1.165) is 49.3 Å². The fraction of sp³-hybridized carbons (Fsp3) is 0.469. The quantitative estimate of drug-likeness (QED) is 0.338. The number of piperazine rings is 1. The summed E-state index contributed by atoms with van der Waals surface area (Å²) in [6.45, 7) is 9.06. The smallest absolute Gasteiger partial charge is 0.129 e. The van der Waals surface area contributed by atoms with E-state index in [9.17, 15) is 0 Å². The second kappa shape index (κ2) is 11.7. The van der Waals surface area contributed by atoms with Gasteiger partial charge in [-0.05, 0) is 79.1 Å². The van der Waals surface area contributed by atoms with Crippen molar-refractivity contribution in [1.82, 2.24) is 20.2 Å². The molecule has 6 heteroatoms. The fourth-order valence-corrected chi connectivity index (χ4v) is 7.64. The third kappa shape index (κ3) is 5.18. The number of hydrogen-bond donors (Lipinski definition) is 2. The summed E-state index contributed by atoms with van der Waals surface area (Å²) in [6, 6.07) is 20.1. The van der Waals surface area contributed by atoms with E-state index in [0.29, 0.717) is 6.04 Å². The summed E-state index contributed by atoms with van der Waals surface area (Å²) in [4.78, 5) is 13.3. The molecule has 0 unspecified atom stereocenters. The van der Waals surface area contributed by atoms with Crippen LogP contribution in [0.25, 0.3) is 21.8 Å². The maximum Gasteiger partial charge on any atom is 0.129 e. The Balaban J connectivity index is 0.000000146. The first kappa shape index (κ1) is 25.7. The molecule has 2 aromatic carbocycles. The number of hydrogen-bond acceptors (Lipinski definition) is 5. The lowest BCUT2D eigenvalue weighted by Gasteiger charge is -2.47. The lowest BCUT2D eigenvalue weighted by molar-refractivity contribution is 0.0926. The lowest BCUT2D eigenvalue weighted by atomic mass is 9.72. The van der Waals surface area contributed by atoms with Gasteiger partial charge in [0, 0.05) is 67.2 Å². The van der Waals surface area contributed by atoms with Crippen molar-refractivity contribution in [3.05, 3.63) is 71.9 Å². The largest absolute Gasteiger partial charge is 0.361 e. The number of aromatic amines is 1. The molecular weight excluding hydrogens is 486 g/mol. The molecule has 2 aliphatic heterocycles. The van der Waals surface area contributed by atoms with Gasteiger partial charge in [-0.1, -0.05) is 37.3 Å². The number of nitrogens with one attached hydrogen (secondary N) is 2. The second-order valence-corrected chi connectivity index (χ2v) is 12.0.